The van der Waals surface area contributed by atoms with E-state index in [-0.39, 0.29) is 18.5 Å². The number of hydrogen-bond donors (Lipinski definition) is 2. The molecule has 0 radical (unpaired) electrons. The predicted molar refractivity (Wildman–Crippen MR) is 50.9 cm³/mol. The molecule has 0 saturated carbocycles. The van der Waals surface area contributed by atoms with E-state index in [9.17, 15) is 4.79 Å². The van der Waals surface area contributed by atoms with Crippen molar-refractivity contribution in [2.24, 2.45) is 0 Å². The van der Waals surface area contributed by atoms with E-state index in [0.29, 0.717) is 13.0 Å². The number of hydrogen-bond acceptors (Lipinski definition) is 3. The predicted octanol–water partition coefficient (Wildman–Crippen LogP) is 0.180. The third-order valence-corrected chi connectivity index (χ3v) is 1.38. The minimum atomic E-state index is -0.0930. The van der Waals surface area contributed by atoms with Gasteiger partial charge in [0, 0.05) is 12.6 Å². The van der Waals surface area contributed by atoms with Crippen molar-refractivity contribution < 1.29 is 4.79 Å². The smallest absolute Gasteiger partial charge is 0.234 e. The first-order valence-corrected chi connectivity index (χ1v) is 4.18. The van der Waals surface area contributed by atoms with Gasteiger partial charge in [-0.15, -0.1) is 6.58 Å². The molecule has 4 heteroatoms. The summed E-state index contributed by atoms with van der Waals surface area (Å²) in [6.45, 7) is 6.19. The fourth-order valence-corrected chi connectivity index (χ4v) is 0.802. The second-order valence-electron chi connectivity index (χ2n) is 2.75. The highest BCUT2D eigenvalue weighted by molar-refractivity contribution is 5.78. The summed E-state index contributed by atoms with van der Waals surface area (Å²) in [5.74, 6) is -0.0930. The van der Waals surface area contributed by atoms with Crippen molar-refractivity contribution in [2.45, 2.75) is 19.4 Å². The van der Waals surface area contributed by atoms with E-state index in [1.54, 1.807) is 13.0 Å². The fourth-order valence-electron chi connectivity index (χ4n) is 0.802. The van der Waals surface area contributed by atoms with E-state index in [1.807, 2.05) is 6.07 Å². The topological polar surface area (TPSA) is 64.9 Å². The molecule has 4 nitrogen and oxygen atoms in total. The van der Waals surface area contributed by atoms with Crippen molar-refractivity contribution in [3.8, 4) is 6.07 Å². The molecule has 1 amide bonds. The van der Waals surface area contributed by atoms with Crippen molar-refractivity contribution in [1.29, 1.82) is 5.26 Å². The summed E-state index contributed by atoms with van der Waals surface area (Å²) >= 11 is 0. The zero-order valence-corrected chi connectivity index (χ0v) is 7.84. The monoisotopic (exact) mass is 181 g/mol. The van der Waals surface area contributed by atoms with Crippen LogP contribution in [0.2, 0.25) is 0 Å². The zero-order valence-electron chi connectivity index (χ0n) is 7.84. The van der Waals surface area contributed by atoms with E-state index in [1.165, 1.54) is 0 Å². The van der Waals surface area contributed by atoms with Gasteiger partial charge in [0.25, 0.3) is 0 Å². The van der Waals surface area contributed by atoms with E-state index < -0.39 is 0 Å². The molecule has 0 fully saturated rings. The fraction of sp³-hybridized carbons (Fsp3) is 0.556. The Morgan fingerprint density at radius 1 is 1.77 bits per heavy atom. The van der Waals surface area contributed by atoms with Crippen LogP contribution in [0.25, 0.3) is 0 Å². The summed E-state index contributed by atoms with van der Waals surface area (Å²) in [6.07, 6.45) is 2.03. The molecule has 0 rings (SSSR count). The van der Waals surface area contributed by atoms with Crippen molar-refractivity contribution in [1.82, 2.24) is 10.6 Å². The number of carbonyl (C=O) groups excluding carboxylic acids is 1. The van der Waals surface area contributed by atoms with Gasteiger partial charge in [0.05, 0.1) is 19.0 Å². The Morgan fingerprint density at radius 2 is 2.46 bits per heavy atom. The Balaban J connectivity index is 3.50. The lowest BCUT2D eigenvalue weighted by Gasteiger charge is -2.09. The average molecular weight is 181 g/mol. The molecule has 0 aliphatic rings. The van der Waals surface area contributed by atoms with Gasteiger partial charge in [-0.1, -0.05) is 6.08 Å². The number of carbonyl (C=O) groups is 1. The van der Waals surface area contributed by atoms with Gasteiger partial charge in [0.2, 0.25) is 5.91 Å². The summed E-state index contributed by atoms with van der Waals surface area (Å²) < 4.78 is 0. The molecular formula is C9H15N3O. The summed E-state index contributed by atoms with van der Waals surface area (Å²) in [5, 5.41) is 13.9. The summed E-state index contributed by atoms with van der Waals surface area (Å²) in [5.41, 5.74) is 0. The van der Waals surface area contributed by atoms with Crippen LogP contribution in [0.1, 0.15) is 13.3 Å². The van der Waals surface area contributed by atoms with E-state index in [4.69, 9.17) is 5.26 Å². The first-order valence-electron chi connectivity index (χ1n) is 4.18. The quantitative estimate of drug-likeness (QED) is 0.454. The number of nitrogens with one attached hydrogen (secondary N) is 2. The van der Waals surface area contributed by atoms with Crippen molar-refractivity contribution in [3.63, 3.8) is 0 Å². The van der Waals surface area contributed by atoms with Gasteiger partial charge in [-0.2, -0.15) is 5.26 Å². The molecule has 0 aromatic carbocycles. The number of nitriles is 1. The maximum absolute atomic E-state index is 11.1. The van der Waals surface area contributed by atoms with Crippen LogP contribution in [-0.4, -0.2) is 25.0 Å². The Labute approximate surface area is 78.6 Å². The van der Waals surface area contributed by atoms with E-state index in [0.717, 1.165) is 0 Å². The number of rotatable bonds is 6. The van der Waals surface area contributed by atoms with Crippen LogP contribution in [0.4, 0.5) is 0 Å². The second kappa shape index (κ2) is 7.32. The highest BCUT2D eigenvalue weighted by Crippen LogP contribution is 1.86. The lowest BCUT2D eigenvalue weighted by molar-refractivity contribution is -0.120. The molecule has 0 bridgehead atoms. The molecule has 0 aromatic rings. The number of amides is 1. The Morgan fingerprint density at radius 3 is 3.00 bits per heavy atom. The summed E-state index contributed by atoms with van der Waals surface area (Å²) in [7, 11) is 0. The maximum Gasteiger partial charge on any atom is 0.234 e. The highest BCUT2D eigenvalue weighted by Gasteiger charge is 2.04. The van der Waals surface area contributed by atoms with Crippen LogP contribution in [0, 0.1) is 11.3 Å². The van der Waals surface area contributed by atoms with Crippen LogP contribution >= 0.6 is 0 Å². The van der Waals surface area contributed by atoms with Crippen LogP contribution in [0.15, 0.2) is 12.7 Å². The van der Waals surface area contributed by atoms with Gasteiger partial charge in [0.15, 0.2) is 0 Å². The molecule has 0 aromatic heterocycles. The average Bonchev–Trinajstić information content (AvgIpc) is 2.05. The summed E-state index contributed by atoms with van der Waals surface area (Å²) in [4.78, 5) is 11.1. The second-order valence-corrected chi connectivity index (χ2v) is 2.75. The lowest BCUT2D eigenvalue weighted by Crippen LogP contribution is -2.38. The maximum atomic E-state index is 11.1. The van der Waals surface area contributed by atoms with Crippen LogP contribution in [-0.2, 0) is 4.79 Å². The van der Waals surface area contributed by atoms with Gasteiger partial charge >= 0.3 is 0 Å². The van der Waals surface area contributed by atoms with Crippen molar-refractivity contribution in [2.75, 3.05) is 13.1 Å². The molecule has 1 unspecified atom stereocenters. The summed E-state index contributed by atoms with van der Waals surface area (Å²) in [6, 6.07) is 1.91. The van der Waals surface area contributed by atoms with Crippen LogP contribution in [0.5, 0.6) is 0 Å². The molecule has 0 saturated heterocycles. The minimum absolute atomic E-state index is 0.0805. The Bertz CT molecular complexity index is 207. The standard InChI is InChI=1S/C9H15N3O/c1-3-6-11-7-9(13)12-8(2)4-5-10/h3,8,11H,1,4,6-7H2,2H3,(H,12,13). The molecule has 13 heavy (non-hydrogen) atoms. The molecule has 1 atom stereocenters. The molecule has 2 N–H and O–H groups in total. The molecule has 0 aliphatic heterocycles. The zero-order chi connectivity index (χ0) is 10.1. The van der Waals surface area contributed by atoms with Gasteiger partial charge in [-0.3, -0.25) is 4.79 Å². The SMILES string of the molecule is C=CCNCC(=O)NC(C)CC#N. The number of nitrogens with zero attached hydrogens (tertiary/aromatic N) is 1. The van der Waals surface area contributed by atoms with Gasteiger partial charge in [-0.25, -0.2) is 0 Å². The third-order valence-electron chi connectivity index (χ3n) is 1.38. The van der Waals surface area contributed by atoms with Crippen LogP contribution in [0.3, 0.4) is 0 Å². The van der Waals surface area contributed by atoms with Crippen molar-refractivity contribution in [3.05, 3.63) is 12.7 Å². The van der Waals surface area contributed by atoms with E-state index in [2.05, 4.69) is 17.2 Å². The van der Waals surface area contributed by atoms with Gasteiger partial charge in [-0.05, 0) is 6.92 Å². The molecule has 0 aliphatic carbocycles. The van der Waals surface area contributed by atoms with Crippen molar-refractivity contribution >= 4 is 5.91 Å². The molecule has 0 heterocycles. The minimum Gasteiger partial charge on any atom is -0.352 e. The van der Waals surface area contributed by atoms with Crippen LogP contribution < -0.4 is 10.6 Å². The molecule has 0 spiro atoms. The molecular weight excluding hydrogens is 166 g/mol. The normalized spacial score (nSPS) is 11.4. The Kier molecular flexibility index (Phi) is 6.56. The molecule has 72 valence electrons. The third kappa shape index (κ3) is 7.04. The Hall–Kier alpha value is -1.34. The highest BCUT2D eigenvalue weighted by atomic mass is 16.1. The lowest BCUT2D eigenvalue weighted by atomic mass is 10.2. The van der Waals surface area contributed by atoms with Gasteiger partial charge in [0.1, 0.15) is 0 Å². The first kappa shape index (κ1) is 11.7. The first-order chi connectivity index (χ1) is 6.20. The van der Waals surface area contributed by atoms with Gasteiger partial charge < -0.3 is 10.6 Å². The largest absolute Gasteiger partial charge is 0.352 e. The van der Waals surface area contributed by atoms with E-state index >= 15 is 0 Å².